The molecule has 4 heteroatoms. The Bertz CT molecular complexity index is 596. The van der Waals surface area contributed by atoms with Crippen LogP contribution < -0.4 is 0 Å². The van der Waals surface area contributed by atoms with Crippen LogP contribution in [0, 0.1) is 5.92 Å². The summed E-state index contributed by atoms with van der Waals surface area (Å²) in [6, 6.07) is 0. The van der Waals surface area contributed by atoms with Gasteiger partial charge in [0, 0.05) is 12.5 Å². The Hall–Kier alpha value is -1.58. The maximum Gasteiger partial charge on any atom is 0.328 e. The van der Waals surface area contributed by atoms with Crippen LogP contribution in [0.3, 0.4) is 0 Å². The molecule has 0 heterocycles. The van der Waals surface area contributed by atoms with E-state index in [1.54, 1.807) is 6.08 Å². The van der Waals surface area contributed by atoms with Crippen LogP contribution in [-0.2, 0) is 9.59 Å². The molecule has 0 saturated heterocycles. The zero-order valence-electron chi connectivity index (χ0n) is 27.7. The molecule has 0 bridgehead atoms. The minimum atomic E-state index is -0.884. The van der Waals surface area contributed by atoms with E-state index in [9.17, 15) is 9.59 Å². The third-order valence-corrected chi connectivity index (χ3v) is 7.99. The maximum atomic E-state index is 10.3. The Morgan fingerprint density at radius 2 is 0.976 bits per heavy atom. The number of hydrogen-bond acceptors (Lipinski definition) is 2. The predicted molar refractivity (Wildman–Crippen MR) is 179 cm³/mol. The molecule has 242 valence electrons. The van der Waals surface area contributed by atoms with Crippen molar-refractivity contribution < 1.29 is 19.8 Å². The van der Waals surface area contributed by atoms with E-state index in [0.29, 0.717) is 6.42 Å². The second-order valence-corrected chi connectivity index (χ2v) is 12.1. The molecule has 0 fully saturated rings. The molecular formula is C37H70O4. The molecular weight excluding hydrogens is 508 g/mol. The van der Waals surface area contributed by atoms with Gasteiger partial charge in [-0.3, -0.25) is 4.79 Å². The molecule has 0 aromatic carbocycles. The molecule has 0 aliphatic heterocycles. The third-order valence-electron chi connectivity index (χ3n) is 7.99. The van der Waals surface area contributed by atoms with E-state index < -0.39 is 11.9 Å². The number of carboxylic acid groups (broad SMARTS) is 2. The lowest BCUT2D eigenvalue weighted by Gasteiger charge is -2.07. The monoisotopic (exact) mass is 579 g/mol. The number of unbranched alkanes of at least 4 members (excludes halogenated alkanes) is 22. The van der Waals surface area contributed by atoms with Gasteiger partial charge >= 0.3 is 11.9 Å². The summed E-state index contributed by atoms with van der Waals surface area (Å²) in [5.41, 5.74) is 0. The average Bonchev–Trinajstić information content (AvgIpc) is 2.95. The minimum Gasteiger partial charge on any atom is -0.481 e. The Morgan fingerprint density at radius 1 is 0.561 bits per heavy atom. The largest absolute Gasteiger partial charge is 0.481 e. The summed E-state index contributed by atoms with van der Waals surface area (Å²) in [6.45, 7) is 6.90. The fourth-order valence-electron chi connectivity index (χ4n) is 4.98. The SMILES string of the molecule is CCC(C)CCCCCCCCCCCCC(=O)O.CCCCCCCCCCCCCCCC=CC=CC(=O)O. The molecule has 0 radical (unpaired) electrons. The molecule has 0 aromatic rings. The van der Waals surface area contributed by atoms with Gasteiger partial charge in [0.25, 0.3) is 0 Å². The summed E-state index contributed by atoms with van der Waals surface area (Å²) in [7, 11) is 0. The van der Waals surface area contributed by atoms with Crippen LogP contribution in [-0.4, -0.2) is 22.2 Å². The van der Waals surface area contributed by atoms with Crippen molar-refractivity contribution in [1.82, 2.24) is 0 Å². The van der Waals surface area contributed by atoms with Gasteiger partial charge in [0.05, 0.1) is 0 Å². The topological polar surface area (TPSA) is 74.6 Å². The van der Waals surface area contributed by atoms with Gasteiger partial charge in [-0.1, -0.05) is 187 Å². The molecule has 1 atom stereocenters. The predicted octanol–water partition coefficient (Wildman–Crippen LogP) is 12.5. The van der Waals surface area contributed by atoms with Crippen molar-refractivity contribution >= 4 is 11.9 Å². The summed E-state index contributed by atoms with van der Waals surface area (Å²) in [5.74, 6) is -0.631. The Morgan fingerprint density at radius 3 is 1.39 bits per heavy atom. The van der Waals surface area contributed by atoms with Crippen molar-refractivity contribution in [3.05, 3.63) is 24.3 Å². The number of carbonyl (C=O) groups is 2. The summed E-state index contributed by atoms with van der Waals surface area (Å²) >= 11 is 0. The van der Waals surface area contributed by atoms with Crippen LogP contribution in [0.15, 0.2) is 24.3 Å². The summed E-state index contributed by atoms with van der Waals surface area (Å²) in [4.78, 5) is 20.6. The quantitative estimate of drug-likeness (QED) is 0.0505. The van der Waals surface area contributed by atoms with Crippen molar-refractivity contribution in [3.8, 4) is 0 Å². The first-order valence-corrected chi connectivity index (χ1v) is 17.7. The first-order chi connectivity index (χ1) is 19.9. The Balaban J connectivity index is 0. The average molecular weight is 579 g/mol. The Labute approximate surface area is 255 Å². The molecule has 0 aliphatic rings. The molecule has 0 saturated carbocycles. The lowest BCUT2D eigenvalue weighted by molar-refractivity contribution is -0.137. The number of allylic oxidation sites excluding steroid dienone is 3. The van der Waals surface area contributed by atoms with Crippen LogP contribution in [0.2, 0.25) is 0 Å². The lowest BCUT2D eigenvalue weighted by Crippen LogP contribution is -1.93. The number of aliphatic carboxylic acids is 2. The van der Waals surface area contributed by atoms with E-state index in [1.165, 1.54) is 154 Å². The van der Waals surface area contributed by atoms with Crippen molar-refractivity contribution in [2.75, 3.05) is 0 Å². The van der Waals surface area contributed by atoms with E-state index in [1.807, 2.05) is 6.08 Å². The summed E-state index contributed by atoms with van der Waals surface area (Å²) < 4.78 is 0. The van der Waals surface area contributed by atoms with E-state index in [4.69, 9.17) is 10.2 Å². The molecule has 0 aromatic heterocycles. The molecule has 1 unspecified atom stereocenters. The van der Waals surface area contributed by atoms with Crippen molar-refractivity contribution in [2.24, 2.45) is 5.92 Å². The highest BCUT2D eigenvalue weighted by Crippen LogP contribution is 2.16. The highest BCUT2D eigenvalue weighted by atomic mass is 16.4. The van der Waals surface area contributed by atoms with Crippen molar-refractivity contribution in [2.45, 2.75) is 194 Å². The van der Waals surface area contributed by atoms with E-state index in [-0.39, 0.29) is 0 Å². The molecule has 41 heavy (non-hydrogen) atoms. The van der Waals surface area contributed by atoms with Crippen LogP contribution in [0.5, 0.6) is 0 Å². The number of carboxylic acids is 2. The molecule has 0 rings (SSSR count). The highest BCUT2D eigenvalue weighted by molar-refractivity contribution is 5.80. The van der Waals surface area contributed by atoms with Gasteiger partial charge in [-0.25, -0.2) is 4.79 Å². The smallest absolute Gasteiger partial charge is 0.328 e. The second-order valence-electron chi connectivity index (χ2n) is 12.1. The standard InChI is InChI=1S/C20H36O2.C17H34O2/c1-2-3-4-5-6-7-8-9-10-11-12-13-14-15-16-17-18-19-20(21)22;1-3-16(2)14-12-10-8-6-4-5-7-9-11-13-15-17(18)19/h16-19H,2-15H2,1H3,(H,21,22);16H,3-15H2,1-2H3,(H,18,19). The van der Waals surface area contributed by atoms with Gasteiger partial charge in [-0.15, -0.1) is 0 Å². The second kappa shape index (κ2) is 36.4. The molecule has 0 aliphatic carbocycles. The summed E-state index contributed by atoms with van der Waals surface area (Å²) in [5, 5.41) is 16.9. The third kappa shape index (κ3) is 43.0. The number of hydrogen-bond donors (Lipinski definition) is 2. The van der Waals surface area contributed by atoms with Gasteiger partial charge in [-0.2, -0.15) is 0 Å². The fraction of sp³-hybridized carbons (Fsp3) is 0.838. The van der Waals surface area contributed by atoms with E-state index in [2.05, 4.69) is 26.8 Å². The molecule has 4 nitrogen and oxygen atoms in total. The van der Waals surface area contributed by atoms with Gasteiger partial charge in [0.2, 0.25) is 0 Å². The van der Waals surface area contributed by atoms with E-state index >= 15 is 0 Å². The first kappa shape index (κ1) is 41.6. The van der Waals surface area contributed by atoms with E-state index in [0.717, 1.165) is 25.2 Å². The minimum absolute atomic E-state index is 0.343. The zero-order chi connectivity index (χ0) is 30.7. The van der Waals surface area contributed by atoms with Gasteiger partial charge in [0.15, 0.2) is 0 Å². The fourth-order valence-corrected chi connectivity index (χ4v) is 4.98. The lowest BCUT2D eigenvalue weighted by atomic mass is 9.99. The van der Waals surface area contributed by atoms with Crippen LogP contribution in [0.4, 0.5) is 0 Å². The van der Waals surface area contributed by atoms with Gasteiger partial charge in [0.1, 0.15) is 0 Å². The zero-order valence-corrected chi connectivity index (χ0v) is 27.7. The first-order valence-electron chi connectivity index (χ1n) is 17.7. The van der Waals surface area contributed by atoms with Crippen LogP contribution in [0.25, 0.3) is 0 Å². The van der Waals surface area contributed by atoms with Gasteiger partial charge in [-0.05, 0) is 25.2 Å². The normalized spacial score (nSPS) is 12.1. The van der Waals surface area contributed by atoms with Gasteiger partial charge < -0.3 is 10.2 Å². The van der Waals surface area contributed by atoms with Crippen molar-refractivity contribution in [1.29, 1.82) is 0 Å². The molecule has 0 spiro atoms. The number of rotatable bonds is 30. The maximum absolute atomic E-state index is 10.3. The molecule has 2 N–H and O–H groups in total. The molecule has 0 amide bonds. The highest BCUT2D eigenvalue weighted by Gasteiger charge is 1.99. The van der Waals surface area contributed by atoms with Crippen LogP contribution in [0.1, 0.15) is 194 Å². The van der Waals surface area contributed by atoms with Crippen LogP contribution >= 0.6 is 0 Å². The Kier molecular flexibility index (Phi) is 36.9. The van der Waals surface area contributed by atoms with Crippen molar-refractivity contribution in [3.63, 3.8) is 0 Å². The summed E-state index contributed by atoms with van der Waals surface area (Å²) in [6.07, 6.45) is 41.4.